The smallest absolute Gasteiger partial charge is 0.328 e. The number of carboxylic acid groups (broad SMARTS) is 1. The number of rotatable bonds is 15. The number of hydrogen-bond acceptors (Lipinski definition) is 7. The minimum atomic E-state index is -1.51. The van der Waals surface area contributed by atoms with E-state index in [9.17, 15) is 29.4 Å². The van der Waals surface area contributed by atoms with E-state index in [1.807, 2.05) is 27.0 Å². The van der Waals surface area contributed by atoms with Crippen molar-refractivity contribution in [2.24, 2.45) is 17.6 Å². The van der Waals surface area contributed by atoms with Gasteiger partial charge in [0.25, 0.3) is 0 Å². The molecule has 11 heteroatoms. The van der Waals surface area contributed by atoms with Crippen LogP contribution in [0.5, 0.6) is 0 Å². The van der Waals surface area contributed by atoms with E-state index >= 15 is 0 Å². The Labute approximate surface area is 194 Å². The second kappa shape index (κ2) is 15.1. The second-order valence-corrected chi connectivity index (χ2v) is 9.50. The highest BCUT2D eigenvalue weighted by Crippen LogP contribution is 2.12. The third-order valence-corrected chi connectivity index (χ3v) is 5.79. The fourth-order valence-corrected chi connectivity index (χ4v) is 3.43. The van der Waals surface area contributed by atoms with E-state index in [0.29, 0.717) is 25.0 Å². The number of aliphatic hydroxyl groups is 1. The number of amides is 3. The first-order chi connectivity index (χ1) is 14.8. The van der Waals surface area contributed by atoms with Gasteiger partial charge in [-0.15, -0.1) is 0 Å². The van der Waals surface area contributed by atoms with Crippen LogP contribution in [0.1, 0.15) is 53.9 Å². The van der Waals surface area contributed by atoms with Crippen molar-refractivity contribution in [1.29, 1.82) is 0 Å². The zero-order chi connectivity index (χ0) is 25.0. The van der Waals surface area contributed by atoms with Crippen molar-refractivity contribution in [2.45, 2.75) is 84.2 Å². The first kappa shape index (κ1) is 30.1. The topological polar surface area (TPSA) is 171 Å². The van der Waals surface area contributed by atoms with Crippen molar-refractivity contribution in [3.63, 3.8) is 0 Å². The summed E-state index contributed by atoms with van der Waals surface area (Å²) < 4.78 is 0. The van der Waals surface area contributed by atoms with Crippen molar-refractivity contribution in [2.75, 3.05) is 12.0 Å². The zero-order valence-corrected chi connectivity index (χ0v) is 20.7. The maximum atomic E-state index is 13.0. The molecule has 7 N–H and O–H groups in total. The average Bonchev–Trinajstić information content (AvgIpc) is 2.71. The quantitative estimate of drug-likeness (QED) is 0.193. The van der Waals surface area contributed by atoms with Gasteiger partial charge in [0.2, 0.25) is 17.7 Å². The van der Waals surface area contributed by atoms with Crippen LogP contribution < -0.4 is 21.7 Å². The molecule has 0 aliphatic rings. The third-order valence-electron chi connectivity index (χ3n) is 5.15. The molecule has 0 radical (unpaired) electrons. The highest BCUT2D eigenvalue weighted by molar-refractivity contribution is 7.98. The van der Waals surface area contributed by atoms with Crippen molar-refractivity contribution >= 4 is 35.5 Å². The molecule has 6 atom stereocenters. The first-order valence-corrected chi connectivity index (χ1v) is 12.3. The predicted molar refractivity (Wildman–Crippen MR) is 125 cm³/mol. The van der Waals surface area contributed by atoms with Gasteiger partial charge >= 0.3 is 5.97 Å². The molecule has 0 aromatic heterocycles. The number of nitrogens with one attached hydrogen (secondary N) is 3. The van der Waals surface area contributed by atoms with E-state index in [0.717, 1.165) is 0 Å². The predicted octanol–water partition coefficient (Wildman–Crippen LogP) is 0.0788. The molecule has 10 nitrogen and oxygen atoms in total. The molecule has 32 heavy (non-hydrogen) atoms. The van der Waals surface area contributed by atoms with E-state index in [1.165, 1.54) is 6.92 Å². The van der Waals surface area contributed by atoms with Crippen molar-refractivity contribution < 1.29 is 29.4 Å². The summed E-state index contributed by atoms with van der Waals surface area (Å²) in [4.78, 5) is 49.6. The maximum absolute atomic E-state index is 13.0. The molecule has 0 spiro atoms. The molecule has 0 rings (SSSR count). The van der Waals surface area contributed by atoms with Gasteiger partial charge in [0.05, 0.1) is 12.1 Å². The molecule has 0 saturated heterocycles. The molecular formula is C21H40N4O6S. The molecule has 6 unspecified atom stereocenters. The number of thioether (sulfide) groups is 1. The molecule has 0 aliphatic heterocycles. The summed E-state index contributed by atoms with van der Waals surface area (Å²) >= 11 is 1.57. The molecule has 0 saturated carbocycles. The number of hydrogen-bond donors (Lipinski definition) is 6. The van der Waals surface area contributed by atoms with Crippen molar-refractivity contribution in [3.05, 3.63) is 0 Å². The summed E-state index contributed by atoms with van der Waals surface area (Å²) in [6.45, 7) is 8.64. The summed E-state index contributed by atoms with van der Waals surface area (Å²) in [6.07, 6.45) is 1.93. The number of carboxylic acids is 1. The monoisotopic (exact) mass is 476 g/mol. The average molecular weight is 477 g/mol. The SMILES string of the molecule is CCC(C)C(NC(=O)C(CC(C)C)NC(=O)C(N)CCSC)C(=O)NC(C(=O)O)C(C)O. The number of carbonyl (C=O) groups is 4. The molecule has 0 aliphatic carbocycles. The van der Waals surface area contributed by atoms with Crippen LogP contribution in [-0.2, 0) is 19.2 Å². The summed E-state index contributed by atoms with van der Waals surface area (Å²) in [6, 6.07) is -4.19. The molecular weight excluding hydrogens is 436 g/mol. The van der Waals surface area contributed by atoms with Crippen molar-refractivity contribution in [1.82, 2.24) is 16.0 Å². The normalized spacial score (nSPS) is 16.9. The lowest BCUT2D eigenvalue weighted by atomic mass is 9.96. The van der Waals surface area contributed by atoms with Gasteiger partial charge in [0.15, 0.2) is 6.04 Å². The fraction of sp³-hybridized carbons (Fsp3) is 0.810. The Bertz CT molecular complexity index is 631. The first-order valence-electron chi connectivity index (χ1n) is 10.9. The standard InChI is InChI=1S/C21H40N4O6S/c1-7-12(4)16(20(29)25-17(13(5)26)21(30)31)24-19(28)15(10-11(2)3)23-18(27)14(22)8-9-32-6/h11-17,26H,7-10,22H2,1-6H3,(H,23,27)(H,24,28)(H,25,29)(H,30,31). The number of aliphatic hydroxyl groups excluding tert-OH is 1. The number of carbonyl (C=O) groups excluding carboxylic acids is 3. The Morgan fingerprint density at radius 1 is 0.938 bits per heavy atom. The fourth-order valence-electron chi connectivity index (χ4n) is 2.95. The van der Waals surface area contributed by atoms with Gasteiger partial charge in [-0.3, -0.25) is 14.4 Å². The van der Waals surface area contributed by atoms with Gasteiger partial charge in [0, 0.05) is 0 Å². The van der Waals surface area contributed by atoms with Crippen LogP contribution in [-0.4, -0.2) is 76.2 Å². The second-order valence-electron chi connectivity index (χ2n) is 8.52. The summed E-state index contributed by atoms with van der Waals surface area (Å²) in [7, 11) is 0. The molecule has 0 fully saturated rings. The summed E-state index contributed by atoms with van der Waals surface area (Å²) in [5.41, 5.74) is 5.91. The molecule has 186 valence electrons. The van der Waals surface area contributed by atoms with E-state index in [2.05, 4.69) is 16.0 Å². The Balaban J connectivity index is 5.50. The highest BCUT2D eigenvalue weighted by atomic mass is 32.2. The maximum Gasteiger partial charge on any atom is 0.328 e. The van der Waals surface area contributed by atoms with Crippen LogP contribution in [0.15, 0.2) is 0 Å². The zero-order valence-electron chi connectivity index (χ0n) is 19.9. The van der Waals surface area contributed by atoms with Gasteiger partial charge in [0.1, 0.15) is 12.1 Å². The largest absolute Gasteiger partial charge is 0.480 e. The molecule has 0 bridgehead atoms. The van der Waals surface area contributed by atoms with Crippen LogP contribution in [0.4, 0.5) is 0 Å². The molecule has 0 heterocycles. The van der Waals surface area contributed by atoms with Crippen LogP contribution in [0.3, 0.4) is 0 Å². The van der Waals surface area contributed by atoms with Crippen molar-refractivity contribution in [3.8, 4) is 0 Å². The van der Waals surface area contributed by atoms with Crippen LogP contribution in [0.2, 0.25) is 0 Å². The Morgan fingerprint density at radius 2 is 1.50 bits per heavy atom. The van der Waals surface area contributed by atoms with Gasteiger partial charge in [-0.25, -0.2) is 4.79 Å². The van der Waals surface area contributed by atoms with Gasteiger partial charge in [-0.05, 0) is 43.6 Å². The lowest BCUT2D eigenvalue weighted by molar-refractivity contribution is -0.145. The summed E-state index contributed by atoms with van der Waals surface area (Å²) in [5.74, 6) is -2.62. The molecule has 3 amide bonds. The summed E-state index contributed by atoms with van der Waals surface area (Å²) in [5, 5.41) is 26.5. The van der Waals surface area contributed by atoms with Gasteiger partial charge < -0.3 is 31.9 Å². The van der Waals surface area contributed by atoms with E-state index < -0.39 is 54.0 Å². The minimum absolute atomic E-state index is 0.0796. The Morgan fingerprint density at radius 3 is 1.94 bits per heavy atom. The van der Waals surface area contributed by atoms with E-state index in [-0.39, 0.29) is 11.8 Å². The van der Waals surface area contributed by atoms with E-state index in [4.69, 9.17) is 5.73 Å². The lowest BCUT2D eigenvalue weighted by Crippen LogP contribution is -2.60. The van der Waals surface area contributed by atoms with E-state index in [1.54, 1.807) is 18.7 Å². The van der Waals surface area contributed by atoms with Crippen LogP contribution in [0.25, 0.3) is 0 Å². The lowest BCUT2D eigenvalue weighted by Gasteiger charge is -2.29. The number of nitrogens with two attached hydrogens (primary N) is 1. The highest BCUT2D eigenvalue weighted by Gasteiger charge is 2.34. The van der Waals surface area contributed by atoms with Gasteiger partial charge in [-0.2, -0.15) is 11.8 Å². The number of aliphatic carboxylic acids is 1. The minimum Gasteiger partial charge on any atom is -0.480 e. The molecule has 0 aromatic rings. The van der Waals surface area contributed by atoms with Crippen LogP contribution >= 0.6 is 11.8 Å². The molecule has 0 aromatic carbocycles. The Kier molecular flexibility index (Phi) is 14.2. The Hall–Kier alpha value is -1.85. The third kappa shape index (κ3) is 10.6. The van der Waals surface area contributed by atoms with Crippen LogP contribution in [0, 0.1) is 11.8 Å². The van der Waals surface area contributed by atoms with Gasteiger partial charge in [-0.1, -0.05) is 34.1 Å².